The van der Waals surface area contributed by atoms with E-state index in [9.17, 15) is 14.2 Å². The van der Waals surface area contributed by atoms with Gasteiger partial charge in [0.25, 0.3) is 7.37 Å². The van der Waals surface area contributed by atoms with Crippen LogP contribution in [0.2, 0.25) is 0 Å². The molecule has 7 heteroatoms. The molecule has 0 aliphatic rings. The molecule has 104 valence electrons. The summed E-state index contributed by atoms with van der Waals surface area (Å²) < 4.78 is 17.0. The lowest BCUT2D eigenvalue weighted by atomic mass is 10.1. The Morgan fingerprint density at radius 3 is 2.21 bits per heavy atom. The predicted octanol–water partition coefficient (Wildman–Crippen LogP) is 1.68. The number of rotatable bonds is 5. The molecule has 1 rings (SSSR count). The molecule has 1 aromatic rings. The van der Waals surface area contributed by atoms with Crippen molar-refractivity contribution in [3.8, 4) is 0 Å². The summed E-state index contributed by atoms with van der Waals surface area (Å²) in [6.07, 6.45) is 0.543. The van der Waals surface area contributed by atoms with Crippen LogP contribution in [0.1, 0.15) is 34.6 Å². The van der Waals surface area contributed by atoms with Crippen molar-refractivity contribution in [2.75, 3.05) is 12.3 Å². The second-order valence-corrected chi connectivity index (χ2v) is 6.79. The van der Waals surface area contributed by atoms with Crippen LogP contribution in [-0.4, -0.2) is 46.7 Å². The van der Waals surface area contributed by atoms with Gasteiger partial charge in [-0.2, -0.15) is 0 Å². The lowest BCUT2D eigenvalue weighted by molar-refractivity contribution is 0.0697. The molecule has 0 radical (unpaired) electrons. The first kappa shape index (κ1) is 17.9. The molecule has 0 amide bonds. The van der Waals surface area contributed by atoms with Gasteiger partial charge in [0.05, 0.1) is 11.1 Å². The summed E-state index contributed by atoms with van der Waals surface area (Å²) in [6.45, 7) is 3.37. The summed E-state index contributed by atoms with van der Waals surface area (Å²) in [6, 6.07) is 5.46. The Balaban J connectivity index is 0.00000324. The van der Waals surface area contributed by atoms with Crippen molar-refractivity contribution in [2.24, 2.45) is 0 Å². The van der Waals surface area contributed by atoms with Gasteiger partial charge in [0.15, 0.2) is 17.4 Å². The Hall–Kier alpha value is -1.08. The summed E-state index contributed by atoms with van der Waals surface area (Å²) in [7, 11) is -2.94. The maximum absolute atomic E-state index is 12.0. The molecule has 0 heterocycles. The summed E-state index contributed by atoms with van der Waals surface area (Å²) in [5, 5.41) is 8.81. The average Bonchev–Trinajstić information content (AvgIpc) is 2.38. The molecular weight excluding hydrogens is 282 g/mol. The fraction of sp³-hybridized carbons (Fsp3) is 0.333. The van der Waals surface area contributed by atoms with E-state index in [4.69, 9.17) is 9.63 Å². The zero-order valence-electron chi connectivity index (χ0n) is 10.3. The van der Waals surface area contributed by atoms with Gasteiger partial charge < -0.3 is 9.63 Å². The molecule has 1 N–H and O–H groups in total. The van der Waals surface area contributed by atoms with Crippen LogP contribution in [-0.2, 0) is 9.09 Å². The zero-order chi connectivity index (χ0) is 13.8. The minimum atomic E-state index is -2.94. The number of carbonyl (C=O) groups excluding carboxylic acids is 1. The summed E-state index contributed by atoms with van der Waals surface area (Å²) >= 11 is 0. The largest absolute Gasteiger partial charge is 0.478 e. The van der Waals surface area contributed by atoms with E-state index < -0.39 is 19.3 Å². The van der Waals surface area contributed by atoms with Crippen LogP contribution >= 0.6 is 7.37 Å². The second kappa shape index (κ2) is 7.50. The molecule has 0 aromatic heterocycles. The fourth-order valence-corrected chi connectivity index (χ4v) is 2.45. The maximum Gasteiger partial charge on any atom is 0.343 e. The van der Waals surface area contributed by atoms with Crippen molar-refractivity contribution < 1.29 is 23.8 Å². The smallest absolute Gasteiger partial charge is 0.343 e. The molecular formula is C12H18AlO5P. The van der Waals surface area contributed by atoms with E-state index in [2.05, 4.69) is 0 Å². The minimum Gasteiger partial charge on any atom is -0.478 e. The van der Waals surface area contributed by atoms with Gasteiger partial charge in [-0.05, 0) is 18.2 Å². The number of benzene rings is 1. The number of carboxylic acids is 1. The molecule has 0 spiro atoms. The van der Waals surface area contributed by atoms with Gasteiger partial charge in [0, 0.05) is 12.3 Å². The third-order valence-electron chi connectivity index (χ3n) is 2.56. The Morgan fingerprint density at radius 2 is 1.74 bits per heavy atom. The highest BCUT2D eigenvalue weighted by atomic mass is 31.2. The first-order valence-corrected chi connectivity index (χ1v) is 7.56. The fourth-order valence-electron chi connectivity index (χ4n) is 1.34. The lowest BCUT2D eigenvalue weighted by Crippen LogP contribution is -2.07. The molecule has 0 saturated heterocycles. The monoisotopic (exact) mass is 300 g/mol. The summed E-state index contributed by atoms with van der Waals surface area (Å²) in [5.74, 6) is -1.87. The molecule has 0 atom stereocenters. The summed E-state index contributed by atoms with van der Waals surface area (Å²) in [4.78, 5) is 22.5. The number of hydrogen-bond donors (Lipinski definition) is 1. The highest BCUT2D eigenvalue weighted by Gasteiger charge is 2.23. The van der Waals surface area contributed by atoms with Crippen molar-refractivity contribution in [1.29, 1.82) is 0 Å². The Labute approximate surface area is 122 Å². The van der Waals surface area contributed by atoms with Gasteiger partial charge in [0.2, 0.25) is 0 Å². The van der Waals surface area contributed by atoms with Crippen LogP contribution < -0.4 is 0 Å². The van der Waals surface area contributed by atoms with Crippen LogP contribution in [0.15, 0.2) is 24.3 Å². The molecule has 1 aromatic carbocycles. The third-order valence-corrected chi connectivity index (χ3v) is 4.98. The van der Waals surface area contributed by atoms with Crippen molar-refractivity contribution in [1.82, 2.24) is 0 Å². The van der Waals surface area contributed by atoms with E-state index in [1.165, 1.54) is 24.3 Å². The molecule has 5 nitrogen and oxygen atoms in total. The normalized spacial score (nSPS) is 10.4. The lowest BCUT2D eigenvalue weighted by Gasteiger charge is -2.14. The first-order valence-electron chi connectivity index (χ1n) is 5.57. The second-order valence-electron chi connectivity index (χ2n) is 3.71. The third kappa shape index (κ3) is 4.83. The van der Waals surface area contributed by atoms with E-state index >= 15 is 0 Å². The van der Waals surface area contributed by atoms with E-state index in [-0.39, 0.29) is 40.8 Å². The van der Waals surface area contributed by atoms with E-state index in [1.54, 1.807) is 13.8 Å². The molecule has 0 aliphatic carbocycles. The van der Waals surface area contributed by atoms with Crippen LogP contribution in [0, 0.1) is 0 Å². The SMILES string of the molecule is CCP(=O)(CC)OC(=O)c1cccc(C(=O)O)c1.[AlH3]. The van der Waals surface area contributed by atoms with E-state index in [0.717, 1.165) is 0 Å². The molecule has 0 bridgehead atoms. The molecule has 0 saturated carbocycles. The van der Waals surface area contributed by atoms with Gasteiger partial charge in [0.1, 0.15) is 0 Å². The van der Waals surface area contributed by atoms with Crippen molar-refractivity contribution in [2.45, 2.75) is 13.8 Å². The minimum absolute atomic E-state index is 0. The standard InChI is InChI=1S/C12H15O5P.Al.3H/c1-3-18(16,4-2)17-12(15)10-7-5-6-9(8-10)11(13)14;;;;/h5-8H,3-4H2,1-2H3,(H,13,14);;;;. The van der Waals surface area contributed by atoms with Crippen LogP contribution in [0.5, 0.6) is 0 Å². The quantitative estimate of drug-likeness (QED) is 0.661. The van der Waals surface area contributed by atoms with Crippen LogP contribution in [0.3, 0.4) is 0 Å². The van der Waals surface area contributed by atoms with Crippen LogP contribution in [0.25, 0.3) is 0 Å². The number of aromatic carboxylic acids is 1. The maximum atomic E-state index is 12.0. The van der Waals surface area contributed by atoms with Crippen molar-refractivity contribution >= 4 is 36.7 Å². The number of carbonyl (C=O) groups is 2. The molecule has 19 heavy (non-hydrogen) atoms. The van der Waals surface area contributed by atoms with Crippen molar-refractivity contribution in [3.63, 3.8) is 0 Å². The summed E-state index contributed by atoms with van der Waals surface area (Å²) in [5.41, 5.74) is 0.0873. The van der Waals surface area contributed by atoms with Crippen molar-refractivity contribution in [3.05, 3.63) is 35.4 Å². The average molecular weight is 300 g/mol. The molecule has 0 unspecified atom stereocenters. The Bertz CT molecular complexity index is 507. The Kier molecular flexibility index (Phi) is 7.07. The number of hydrogen-bond acceptors (Lipinski definition) is 4. The van der Waals surface area contributed by atoms with E-state index in [1.807, 2.05) is 0 Å². The van der Waals surface area contributed by atoms with Gasteiger partial charge in [-0.15, -0.1) is 0 Å². The molecule has 0 aliphatic heterocycles. The number of carboxylic acid groups (broad SMARTS) is 1. The predicted molar refractivity (Wildman–Crippen MR) is 77.4 cm³/mol. The zero-order valence-corrected chi connectivity index (χ0v) is 11.1. The first-order chi connectivity index (χ1) is 8.41. The Morgan fingerprint density at radius 1 is 1.21 bits per heavy atom. The van der Waals surface area contributed by atoms with E-state index in [0.29, 0.717) is 0 Å². The topological polar surface area (TPSA) is 80.7 Å². The van der Waals surface area contributed by atoms with Gasteiger partial charge in [-0.1, -0.05) is 19.9 Å². The highest BCUT2D eigenvalue weighted by Crippen LogP contribution is 2.46. The van der Waals surface area contributed by atoms with Gasteiger partial charge >= 0.3 is 11.9 Å². The van der Waals surface area contributed by atoms with Gasteiger partial charge in [-0.25, -0.2) is 9.59 Å². The highest BCUT2D eigenvalue weighted by molar-refractivity contribution is 7.59. The molecule has 0 fully saturated rings. The van der Waals surface area contributed by atoms with Gasteiger partial charge in [-0.3, -0.25) is 4.57 Å². The van der Waals surface area contributed by atoms with Crippen LogP contribution in [0.4, 0.5) is 0 Å².